The van der Waals surface area contributed by atoms with Crippen molar-refractivity contribution in [1.82, 2.24) is 10.2 Å². The molecule has 1 fully saturated rings. The summed E-state index contributed by atoms with van der Waals surface area (Å²) in [5.41, 5.74) is 0.593. The van der Waals surface area contributed by atoms with E-state index in [2.05, 4.69) is 21.2 Å². The molecule has 0 aromatic heterocycles. The Labute approximate surface area is 127 Å². The topological polar surface area (TPSA) is 32.3 Å². The SMILES string of the molecule is CNCC1CCCN(C(=O)c2ccc(Br)cc2Cl)C1. The average molecular weight is 346 g/mol. The summed E-state index contributed by atoms with van der Waals surface area (Å²) in [5.74, 6) is 0.579. The minimum Gasteiger partial charge on any atom is -0.338 e. The summed E-state index contributed by atoms with van der Waals surface area (Å²) >= 11 is 9.51. The number of carbonyl (C=O) groups excluding carboxylic acids is 1. The standard InChI is InChI=1S/C14H18BrClN2O/c1-17-8-10-3-2-6-18(9-10)14(19)12-5-4-11(15)7-13(12)16/h4-5,7,10,17H,2-3,6,8-9H2,1H3. The molecule has 3 nitrogen and oxygen atoms in total. The number of amides is 1. The summed E-state index contributed by atoms with van der Waals surface area (Å²) in [6.45, 7) is 2.59. The largest absolute Gasteiger partial charge is 0.338 e. The second-order valence-corrected chi connectivity index (χ2v) is 6.26. The van der Waals surface area contributed by atoms with Crippen molar-refractivity contribution in [3.63, 3.8) is 0 Å². The van der Waals surface area contributed by atoms with E-state index in [4.69, 9.17) is 11.6 Å². The van der Waals surface area contributed by atoms with Gasteiger partial charge >= 0.3 is 0 Å². The van der Waals surface area contributed by atoms with Gasteiger partial charge in [-0.3, -0.25) is 4.79 Å². The Morgan fingerprint density at radius 1 is 1.58 bits per heavy atom. The van der Waals surface area contributed by atoms with E-state index < -0.39 is 0 Å². The fraction of sp³-hybridized carbons (Fsp3) is 0.500. The average Bonchev–Trinajstić information content (AvgIpc) is 2.39. The van der Waals surface area contributed by atoms with Gasteiger partial charge in [0.05, 0.1) is 10.6 Å². The maximum absolute atomic E-state index is 12.5. The molecule has 1 aliphatic heterocycles. The highest BCUT2D eigenvalue weighted by molar-refractivity contribution is 9.10. The number of piperidine rings is 1. The lowest BCUT2D eigenvalue weighted by atomic mass is 9.97. The molecule has 5 heteroatoms. The number of hydrogen-bond acceptors (Lipinski definition) is 2. The smallest absolute Gasteiger partial charge is 0.255 e. The maximum Gasteiger partial charge on any atom is 0.255 e. The van der Waals surface area contributed by atoms with Gasteiger partial charge in [0.2, 0.25) is 0 Å². The lowest BCUT2D eigenvalue weighted by Crippen LogP contribution is -2.42. The third-order valence-corrected chi connectivity index (χ3v) is 4.27. The van der Waals surface area contributed by atoms with Gasteiger partial charge in [-0.2, -0.15) is 0 Å². The van der Waals surface area contributed by atoms with E-state index in [-0.39, 0.29) is 5.91 Å². The summed E-state index contributed by atoms with van der Waals surface area (Å²) in [4.78, 5) is 14.4. The molecule has 0 spiro atoms. The summed E-state index contributed by atoms with van der Waals surface area (Å²) in [7, 11) is 1.95. The Morgan fingerprint density at radius 2 is 2.37 bits per heavy atom. The highest BCUT2D eigenvalue weighted by Gasteiger charge is 2.25. The van der Waals surface area contributed by atoms with E-state index in [9.17, 15) is 4.79 Å². The molecular formula is C14H18BrClN2O. The van der Waals surface area contributed by atoms with Gasteiger partial charge in [-0.15, -0.1) is 0 Å². The Bertz CT molecular complexity index is 465. The minimum atomic E-state index is 0.0401. The molecule has 2 rings (SSSR count). The quantitative estimate of drug-likeness (QED) is 0.912. The monoisotopic (exact) mass is 344 g/mol. The fourth-order valence-corrected chi connectivity index (χ4v) is 3.29. The number of halogens is 2. The first kappa shape index (κ1) is 14.8. The molecule has 1 N–H and O–H groups in total. The van der Waals surface area contributed by atoms with Gasteiger partial charge in [-0.05, 0) is 50.6 Å². The van der Waals surface area contributed by atoms with E-state index in [1.165, 1.54) is 6.42 Å². The van der Waals surface area contributed by atoms with Gasteiger partial charge in [-0.25, -0.2) is 0 Å². The van der Waals surface area contributed by atoms with Crippen molar-refractivity contribution < 1.29 is 4.79 Å². The molecule has 1 aliphatic rings. The number of nitrogens with zero attached hydrogens (tertiary/aromatic N) is 1. The van der Waals surface area contributed by atoms with Gasteiger partial charge in [-0.1, -0.05) is 27.5 Å². The van der Waals surface area contributed by atoms with E-state index in [1.807, 2.05) is 18.0 Å². The molecule has 19 heavy (non-hydrogen) atoms. The van der Waals surface area contributed by atoms with Crippen LogP contribution in [0.5, 0.6) is 0 Å². The van der Waals surface area contributed by atoms with Gasteiger partial charge in [0.25, 0.3) is 5.91 Å². The number of benzene rings is 1. The van der Waals surface area contributed by atoms with Gasteiger partial charge in [0.1, 0.15) is 0 Å². The first-order valence-corrected chi connectivity index (χ1v) is 7.68. The van der Waals surface area contributed by atoms with E-state index in [0.717, 1.165) is 30.5 Å². The van der Waals surface area contributed by atoms with Crippen LogP contribution in [0, 0.1) is 5.92 Å². The molecule has 104 valence electrons. The number of carbonyl (C=O) groups is 1. The van der Waals surface area contributed by atoms with Crippen LogP contribution in [0.2, 0.25) is 5.02 Å². The summed E-state index contributed by atoms with van der Waals surface area (Å²) in [6.07, 6.45) is 2.24. The van der Waals surface area contributed by atoms with E-state index in [1.54, 1.807) is 12.1 Å². The third-order valence-electron chi connectivity index (χ3n) is 3.46. The van der Waals surface area contributed by atoms with Crippen molar-refractivity contribution in [3.8, 4) is 0 Å². The van der Waals surface area contributed by atoms with Crippen LogP contribution in [-0.2, 0) is 0 Å². The van der Waals surface area contributed by atoms with Crippen LogP contribution in [0.3, 0.4) is 0 Å². The van der Waals surface area contributed by atoms with Crippen LogP contribution in [0.4, 0.5) is 0 Å². The van der Waals surface area contributed by atoms with Crippen molar-refractivity contribution in [2.24, 2.45) is 5.92 Å². The summed E-state index contributed by atoms with van der Waals surface area (Å²) < 4.78 is 0.890. The van der Waals surface area contributed by atoms with Crippen molar-refractivity contribution in [3.05, 3.63) is 33.3 Å². The van der Waals surface area contributed by atoms with Gasteiger partial charge < -0.3 is 10.2 Å². The molecule has 0 bridgehead atoms. The molecule has 1 saturated heterocycles. The molecule has 1 amide bonds. The molecule has 1 aromatic carbocycles. The predicted octanol–water partition coefficient (Wildman–Crippen LogP) is 3.17. The van der Waals surface area contributed by atoms with Crippen molar-refractivity contribution >= 4 is 33.4 Å². The van der Waals surface area contributed by atoms with Gasteiger partial charge in [0.15, 0.2) is 0 Å². The zero-order valence-corrected chi connectivity index (χ0v) is 13.3. The molecule has 1 heterocycles. The predicted molar refractivity (Wildman–Crippen MR) is 81.7 cm³/mol. The molecule has 1 atom stereocenters. The van der Waals surface area contributed by atoms with E-state index >= 15 is 0 Å². The lowest BCUT2D eigenvalue weighted by Gasteiger charge is -2.33. The van der Waals surface area contributed by atoms with Crippen LogP contribution in [0.25, 0.3) is 0 Å². The zero-order valence-electron chi connectivity index (χ0n) is 11.0. The highest BCUT2D eigenvalue weighted by atomic mass is 79.9. The second-order valence-electron chi connectivity index (χ2n) is 4.94. The maximum atomic E-state index is 12.5. The molecular weight excluding hydrogens is 328 g/mol. The van der Waals surface area contributed by atoms with Crippen LogP contribution in [0.15, 0.2) is 22.7 Å². The van der Waals surface area contributed by atoms with Crippen LogP contribution >= 0.6 is 27.5 Å². The van der Waals surface area contributed by atoms with Crippen molar-refractivity contribution in [2.45, 2.75) is 12.8 Å². The number of nitrogens with one attached hydrogen (secondary N) is 1. The fourth-order valence-electron chi connectivity index (χ4n) is 2.54. The Kier molecular flexibility index (Phi) is 5.25. The van der Waals surface area contributed by atoms with Crippen LogP contribution in [-0.4, -0.2) is 37.5 Å². The first-order chi connectivity index (χ1) is 9.11. The number of hydrogen-bond donors (Lipinski definition) is 1. The third kappa shape index (κ3) is 3.71. The Hall–Kier alpha value is -0.580. The lowest BCUT2D eigenvalue weighted by molar-refractivity contribution is 0.0674. The molecule has 0 aliphatic carbocycles. The van der Waals surface area contributed by atoms with Gasteiger partial charge in [0, 0.05) is 17.6 Å². The number of rotatable bonds is 3. The van der Waals surface area contributed by atoms with Crippen molar-refractivity contribution in [1.29, 1.82) is 0 Å². The summed E-state index contributed by atoms with van der Waals surface area (Å²) in [6, 6.07) is 5.41. The van der Waals surface area contributed by atoms with E-state index in [0.29, 0.717) is 16.5 Å². The minimum absolute atomic E-state index is 0.0401. The second kappa shape index (κ2) is 6.73. The normalized spacial score (nSPS) is 19.5. The molecule has 0 saturated carbocycles. The molecule has 0 radical (unpaired) electrons. The zero-order chi connectivity index (χ0) is 13.8. The summed E-state index contributed by atoms with van der Waals surface area (Å²) in [5, 5.41) is 3.69. The molecule has 1 aromatic rings. The van der Waals surface area contributed by atoms with Crippen LogP contribution < -0.4 is 5.32 Å². The number of likely N-dealkylation sites (tertiary alicyclic amines) is 1. The Balaban J connectivity index is 2.10. The van der Waals surface area contributed by atoms with Crippen LogP contribution in [0.1, 0.15) is 23.2 Å². The Morgan fingerprint density at radius 3 is 3.05 bits per heavy atom. The first-order valence-electron chi connectivity index (χ1n) is 6.50. The highest BCUT2D eigenvalue weighted by Crippen LogP contribution is 2.25. The van der Waals surface area contributed by atoms with Crippen molar-refractivity contribution in [2.75, 3.05) is 26.7 Å². The molecule has 1 unspecified atom stereocenters.